The summed E-state index contributed by atoms with van der Waals surface area (Å²) in [4.78, 5) is 17.1. The van der Waals surface area contributed by atoms with Crippen LogP contribution in [0.25, 0.3) is 5.69 Å². The van der Waals surface area contributed by atoms with Crippen LogP contribution in [-0.2, 0) is 0 Å². The number of nitrogens with one attached hydrogen (secondary N) is 1. The minimum absolute atomic E-state index is 0.192. The predicted octanol–water partition coefficient (Wildman–Crippen LogP) is 4.65. The Morgan fingerprint density at radius 2 is 1.96 bits per heavy atom. The van der Waals surface area contributed by atoms with Gasteiger partial charge in [0.25, 0.3) is 5.56 Å². The highest BCUT2D eigenvalue weighted by atomic mass is 79.9. The maximum Gasteiger partial charge on any atom is 0.280 e. The number of aliphatic imine (C=N–C) groups is 1. The van der Waals surface area contributed by atoms with E-state index in [4.69, 9.17) is 16.3 Å². The number of benzene rings is 2. The van der Waals surface area contributed by atoms with E-state index in [-0.39, 0.29) is 5.56 Å². The average molecular weight is 421 g/mol. The minimum Gasteiger partial charge on any atom is -0.495 e. The molecule has 0 aliphatic heterocycles. The Kier molecular flexibility index (Phi) is 5.11. The van der Waals surface area contributed by atoms with Crippen LogP contribution in [0.2, 0.25) is 5.02 Å². The summed E-state index contributed by atoms with van der Waals surface area (Å²) in [6.45, 7) is 1.83. The standard InChI is InChI=1S/C18H15BrClN3O2/c1-11-15(10-21-13-5-3-12(19)4-6-13)18(24)23(22-11)14-7-8-16(20)17(9-14)25-2/h3-10,22H,1-2H3. The number of ether oxygens (including phenoxy) is 1. The molecular formula is C18H15BrClN3O2. The van der Waals surface area contributed by atoms with Crippen LogP contribution in [-0.4, -0.2) is 23.1 Å². The second kappa shape index (κ2) is 7.29. The van der Waals surface area contributed by atoms with Crippen molar-refractivity contribution in [1.82, 2.24) is 9.78 Å². The number of H-pyrrole nitrogens is 1. The third-order valence-corrected chi connectivity index (χ3v) is 4.52. The Bertz CT molecular complexity index is 991. The molecule has 0 radical (unpaired) electrons. The Morgan fingerprint density at radius 3 is 2.64 bits per heavy atom. The second-order valence-electron chi connectivity index (χ2n) is 5.34. The highest BCUT2D eigenvalue weighted by Gasteiger charge is 2.12. The summed E-state index contributed by atoms with van der Waals surface area (Å²) >= 11 is 9.42. The van der Waals surface area contributed by atoms with Gasteiger partial charge >= 0.3 is 0 Å². The number of aryl methyl sites for hydroxylation is 1. The van der Waals surface area contributed by atoms with Crippen LogP contribution in [0.1, 0.15) is 11.3 Å². The summed E-state index contributed by atoms with van der Waals surface area (Å²) in [6, 6.07) is 12.7. The van der Waals surface area contributed by atoms with Crippen LogP contribution < -0.4 is 10.3 Å². The number of aromatic amines is 1. The molecular weight excluding hydrogens is 406 g/mol. The summed E-state index contributed by atoms with van der Waals surface area (Å²) in [5.74, 6) is 0.503. The molecule has 0 saturated carbocycles. The predicted molar refractivity (Wildman–Crippen MR) is 104 cm³/mol. The van der Waals surface area contributed by atoms with Gasteiger partial charge < -0.3 is 4.74 Å². The highest BCUT2D eigenvalue weighted by molar-refractivity contribution is 9.10. The van der Waals surface area contributed by atoms with Crippen LogP contribution in [0.3, 0.4) is 0 Å². The van der Waals surface area contributed by atoms with Crippen LogP contribution in [0.15, 0.2) is 56.7 Å². The van der Waals surface area contributed by atoms with Crippen molar-refractivity contribution in [2.45, 2.75) is 6.92 Å². The second-order valence-corrected chi connectivity index (χ2v) is 6.67. The molecule has 0 unspecified atom stereocenters. The number of nitrogens with zero attached hydrogens (tertiary/aromatic N) is 2. The van der Waals surface area contributed by atoms with Crippen LogP contribution in [0.4, 0.5) is 5.69 Å². The van der Waals surface area contributed by atoms with E-state index < -0.39 is 0 Å². The Balaban J connectivity index is 1.99. The molecule has 0 saturated heterocycles. The molecule has 0 spiro atoms. The van der Waals surface area contributed by atoms with Crippen molar-refractivity contribution in [1.29, 1.82) is 0 Å². The third kappa shape index (κ3) is 3.70. The number of hydrogen-bond acceptors (Lipinski definition) is 3. The van der Waals surface area contributed by atoms with Crippen LogP contribution in [0.5, 0.6) is 5.75 Å². The highest BCUT2D eigenvalue weighted by Crippen LogP contribution is 2.26. The molecule has 5 nitrogen and oxygen atoms in total. The van der Waals surface area contributed by atoms with Crippen molar-refractivity contribution in [2.24, 2.45) is 4.99 Å². The molecule has 0 atom stereocenters. The van der Waals surface area contributed by atoms with E-state index >= 15 is 0 Å². The van der Waals surface area contributed by atoms with Crippen molar-refractivity contribution in [3.63, 3.8) is 0 Å². The molecule has 3 aromatic rings. The first-order valence-electron chi connectivity index (χ1n) is 7.45. The number of halogens is 2. The Morgan fingerprint density at radius 1 is 1.24 bits per heavy atom. The Labute approximate surface area is 158 Å². The summed E-state index contributed by atoms with van der Waals surface area (Å²) in [7, 11) is 1.53. The summed E-state index contributed by atoms with van der Waals surface area (Å²) in [5, 5.41) is 3.54. The molecule has 0 aliphatic carbocycles. The fourth-order valence-corrected chi connectivity index (χ4v) is 2.81. The van der Waals surface area contributed by atoms with Gasteiger partial charge in [-0.15, -0.1) is 0 Å². The largest absolute Gasteiger partial charge is 0.495 e. The van der Waals surface area contributed by atoms with Gasteiger partial charge in [-0.05, 0) is 43.3 Å². The normalized spacial score (nSPS) is 11.2. The lowest BCUT2D eigenvalue weighted by molar-refractivity contribution is 0.414. The number of hydrogen-bond donors (Lipinski definition) is 1. The van der Waals surface area contributed by atoms with E-state index in [1.165, 1.54) is 11.8 Å². The first-order valence-corrected chi connectivity index (χ1v) is 8.62. The number of methoxy groups -OCH3 is 1. The first-order chi connectivity index (χ1) is 12.0. The van der Waals surface area contributed by atoms with Gasteiger partial charge in [-0.25, -0.2) is 4.68 Å². The lowest BCUT2D eigenvalue weighted by Crippen LogP contribution is -2.17. The monoisotopic (exact) mass is 419 g/mol. The Hall–Kier alpha value is -2.31. The fraction of sp³-hybridized carbons (Fsp3) is 0.111. The maximum atomic E-state index is 12.7. The average Bonchev–Trinajstić information content (AvgIpc) is 2.89. The van der Waals surface area contributed by atoms with Crippen LogP contribution in [0, 0.1) is 6.92 Å². The summed E-state index contributed by atoms with van der Waals surface area (Å²) < 4.78 is 7.62. The van der Waals surface area contributed by atoms with E-state index in [2.05, 4.69) is 26.0 Å². The molecule has 0 bridgehead atoms. The SMILES string of the molecule is COc1cc(-n2[nH]c(C)c(C=Nc3ccc(Br)cc3)c2=O)ccc1Cl. The zero-order valence-electron chi connectivity index (χ0n) is 13.6. The zero-order chi connectivity index (χ0) is 18.0. The smallest absolute Gasteiger partial charge is 0.280 e. The van der Waals surface area contributed by atoms with E-state index in [9.17, 15) is 4.79 Å². The van der Waals surface area contributed by atoms with Gasteiger partial charge in [0.05, 0.1) is 29.1 Å². The fourth-order valence-electron chi connectivity index (χ4n) is 2.35. The molecule has 1 aromatic heterocycles. The third-order valence-electron chi connectivity index (χ3n) is 3.68. The molecule has 0 aliphatic rings. The van der Waals surface area contributed by atoms with Gasteiger partial charge in [0, 0.05) is 22.4 Å². The molecule has 25 heavy (non-hydrogen) atoms. The minimum atomic E-state index is -0.192. The van der Waals surface area contributed by atoms with Gasteiger partial charge in [0.1, 0.15) is 5.75 Å². The molecule has 0 fully saturated rings. The molecule has 7 heteroatoms. The van der Waals surface area contributed by atoms with E-state index in [0.717, 1.165) is 15.9 Å². The molecule has 1 N–H and O–H groups in total. The maximum absolute atomic E-state index is 12.7. The quantitative estimate of drug-likeness (QED) is 0.625. The topological polar surface area (TPSA) is 59.4 Å². The van der Waals surface area contributed by atoms with Crippen molar-refractivity contribution < 1.29 is 4.74 Å². The zero-order valence-corrected chi connectivity index (χ0v) is 15.9. The summed E-state index contributed by atoms with van der Waals surface area (Å²) in [6.07, 6.45) is 1.57. The molecule has 128 valence electrons. The number of rotatable bonds is 4. The van der Waals surface area contributed by atoms with Crippen molar-refractivity contribution in [3.05, 3.63) is 73.6 Å². The molecule has 2 aromatic carbocycles. The molecule has 3 rings (SSSR count). The van der Waals surface area contributed by atoms with E-state index in [0.29, 0.717) is 22.0 Å². The molecule has 0 amide bonds. The lowest BCUT2D eigenvalue weighted by Gasteiger charge is -2.06. The lowest BCUT2D eigenvalue weighted by atomic mass is 10.2. The van der Waals surface area contributed by atoms with E-state index in [1.807, 2.05) is 31.2 Å². The molecule has 1 heterocycles. The van der Waals surface area contributed by atoms with Crippen molar-refractivity contribution in [2.75, 3.05) is 7.11 Å². The van der Waals surface area contributed by atoms with Gasteiger partial charge in [0.15, 0.2) is 0 Å². The van der Waals surface area contributed by atoms with Crippen LogP contribution >= 0.6 is 27.5 Å². The van der Waals surface area contributed by atoms with E-state index in [1.54, 1.807) is 24.4 Å². The van der Waals surface area contributed by atoms with Gasteiger partial charge in [-0.2, -0.15) is 0 Å². The van der Waals surface area contributed by atoms with Crippen molar-refractivity contribution in [3.8, 4) is 11.4 Å². The van der Waals surface area contributed by atoms with Gasteiger partial charge in [0.2, 0.25) is 0 Å². The van der Waals surface area contributed by atoms with Crippen molar-refractivity contribution >= 4 is 39.4 Å². The van der Waals surface area contributed by atoms with Gasteiger partial charge in [-0.1, -0.05) is 27.5 Å². The number of aromatic nitrogens is 2. The first kappa shape index (κ1) is 17.5. The van der Waals surface area contributed by atoms with Gasteiger partial charge in [-0.3, -0.25) is 14.9 Å². The summed E-state index contributed by atoms with van der Waals surface area (Å²) in [5.41, 5.74) is 2.43.